The predicted molar refractivity (Wildman–Crippen MR) is 104 cm³/mol. The molecule has 3 rings (SSSR count). The molecule has 154 valence electrons. The SMILES string of the molecule is Cc1noc(C)c1CC(C)Nc1ccc(S(=O)(=O)Nc2ccc(F)c(F)c2)cn1. The number of rotatable bonds is 7. The Hall–Kier alpha value is -3.01. The number of sulfonamides is 1. The van der Waals surface area contributed by atoms with Gasteiger partial charge in [-0.25, -0.2) is 22.2 Å². The summed E-state index contributed by atoms with van der Waals surface area (Å²) in [4.78, 5) is 4.02. The summed E-state index contributed by atoms with van der Waals surface area (Å²) in [5.41, 5.74) is 1.76. The van der Waals surface area contributed by atoms with Crippen LogP contribution >= 0.6 is 0 Å². The third kappa shape index (κ3) is 4.89. The summed E-state index contributed by atoms with van der Waals surface area (Å²) in [5, 5.41) is 7.11. The van der Waals surface area contributed by atoms with E-state index in [-0.39, 0.29) is 16.6 Å². The summed E-state index contributed by atoms with van der Waals surface area (Å²) in [6, 6.07) is 5.66. The van der Waals surface area contributed by atoms with Crippen LogP contribution in [0.3, 0.4) is 0 Å². The number of benzene rings is 1. The fourth-order valence-corrected chi connectivity index (χ4v) is 3.80. The molecule has 1 aromatic carbocycles. The number of aryl methyl sites for hydroxylation is 2. The van der Waals surface area contributed by atoms with E-state index in [0.29, 0.717) is 12.2 Å². The Morgan fingerprint density at radius 2 is 1.90 bits per heavy atom. The third-order valence-corrected chi connectivity index (χ3v) is 5.67. The van der Waals surface area contributed by atoms with Gasteiger partial charge in [-0.2, -0.15) is 0 Å². The number of pyridine rings is 1. The number of anilines is 2. The van der Waals surface area contributed by atoms with E-state index >= 15 is 0 Å². The Balaban J connectivity index is 1.67. The Kier molecular flexibility index (Phi) is 5.83. The lowest BCUT2D eigenvalue weighted by atomic mass is 10.1. The van der Waals surface area contributed by atoms with Crippen LogP contribution in [0, 0.1) is 25.5 Å². The summed E-state index contributed by atoms with van der Waals surface area (Å²) in [6.45, 7) is 5.68. The average Bonchev–Trinajstić information content (AvgIpc) is 2.97. The van der Waals surface area contributed by atoms with Crippen molar-refractivity contribution in [3.63, 3.8) is 0 Å². The zero-order chi connectivity index (χ0) is 21.2. The van der Waals surface area contributed by atoms with Gasteiger partial charge in [0.2, 0.25) is 0 Å². The first-order valence-corrected chi connectivity index (χ1v) is 10.3. The fourth-order valence-electron chi connectivity index (χ4n) is 2.80. The van der Waals surface area contributed by atoms with Crippen LogP contribution in [0.25, 0.3) is 0 Å². The van der Waals surface area contributed by atoms with E-state index in [9.17, 15) is 17.2 Å². The van der Waals surface area contributed by atoms with Crippen LogP contribution in [0.2, 0.25) is 0 Å². The zero-order valence-corrected chi connectivity index (χ0v) is 16.8. The van der Waals surface area contributed by atoms with E-state index < -0.39 is 21.7 Å². The van der Waals surface area contributed by atoms with E-state index in [2.05, 4.69) is 20.2 Å². The first-order valence-electron chi connectivity index (χ1n) is 8.78. The maximum absolute atomic E-state index is 13.3. The molecule has 0 bridgehead atoms. The smallest absolute Gasteiger partial charge is 0.263 e. The molecular weight excluding hydrogens is 402 g/mol. The van der Waals surface area contributed by atoms with Gasteiger partial charge in [0.1, 0.15) is 16.5 Å². The summed E-state index contributed by atoms with van der Waals surface area (Å²) in [7, 11) is -3.99. The fraction of sp³-hybridized carbons (Fsp3) is 0.263. The van der Waals surface area contributed by atoms with Gasteiger partial charge in [-0.15, -0.1) is 0 Å². The quantitative estimate of drug-likeness (QED) is 0.601. The standard InChI is InChI=1S/C19H20F2N4O3S/c1-11(8-16-12(2)24-28-13(16)3)23-19-7-5-15(10-22-19)29(26,27)25-14-4-6-17(20)18(21)9-14/h4-7,9-11,25H,8H2,1-3H3,(H,22,23). The Morgan fingerprint density at radius 1 is 1.14 bits per heavy atom. The Labute approximate surface area is 167 Å². The Morgan fingerprint density at radius 3 is 2.48 bits per heavy atom. The number of hydrogen-bond donors (Lipinski definition) is 2. The highest BCUT2D eigenvalue weighted by Crippen LogP contribution is 2.20. The van der Waals surface area contributed by atoms with Crippen LogP contribution < -0.4 is 10.0 Å². The second kappa shape index (κ2) is 8.16. The highest BCUT2D eigenvalue weighted by molar-refractivity contribution is 7.92. The molecule has 0 spiro atoms. The molecular formula is C19H20F2N4O3S. The summed E-state index contributed by atoms with van der Waals surface area (Å²) < 4.78 is 58.4. The molecule has 0 amide bonds. The van der Waals surface area contributed by atoms with E-state index in [0.717, 1.165) is 35.2 Å². The van der Waals surface area contributed by atoms with E-state index in [1.165, 1.54) is 18.3 Å². The normalized spacial score (nSPS) is 12.6. The molecule has 2 aromatic heterocycles. The molecule has 0 fully saturated rings. The summed E-state index contributed by atoms with van der Waals surface area (Å²) in [5.74, 6) is -0.948. The average molecular weight is 422 g/mol. The monoisotopic (exact) mass is 422 g/mol. The highest BCUT2D eigenvalue weighted by Gasteiger charge is 2.17. The molecule has 29 heavy (non-hydrogen) atoms. The molecule has 2 N–H and O–H groups in total. The molecule has 0 aliphatic carbocycles. The van der Waals surface area contributed by atoms with Crippen molar-refractivity contribution in [3.05, 3.63) is 65.2 Å². The lowest BCUT2D eigenvalue weighted by Crippen LogP contribution is -2.20. The topological polar surface area (TPSA) is 97.1 Å². The molecule has 0 saturated carbocycles. The van der Waals surface area contributed by atoms with E-state index in [4.69, 9.17) is 4.52 Å². The molecule has 7 nitrogen and oxygen atoms in total. The summed E-state index contributed by atoms with van der Waals surface area (Å²) in [6.07, 6.45) is 1.85. The van der Waals surface area contributed by atoms with Crippen molar-refractivity contribution in [2.45, 2.75) is 38.1 Å². The lowest BCUT2D eigenvalue weighted by Gasteiger charge is -2.15. The highest BCUT2D eigenvalue weighted by atomic mass is 32.2. The molecule has 0 saturated heterocycles. The van der Waals surface area contributed by atoms with Crippen molar-refractivity contribution in [2.24, 2.45) is 0 Å². The van der Waals surface area contributed by atoms with Crippen LogP contribution in [0.15, 0.2) is 45.9 Å². The molecule has 0 aliphatic rings. The number of hydrogen-bond acceptors (Lipinski definition) is 6. The van der Waals surface area contributed by atoms with Crippen molar-refractivity contribution in [1.82, 2.24) is 10.1 Å². The minimum absolute atomic E-state index is 0.00192. The van der Waals surface area contributed by atoms with Gasteiger partial charge in [0.05, 0.1) is 11.4 Å². The van der Waals surface area contributed by atoms with Crippen molar-refractivity contribution in [1.29, 1.82) is 0 Å². The van der Waals surface area contributed by atoms with Gasteiger partial charge in [-0.05, 0) is 51.5 Å². The molecule has 1 unspecified atom stereocenters. The van der Waals surface area contributed by atoms with Crippen LogP contribution in [0.1, 0.15) is 23.9 Å². The van der Waals surface area contributed by atoms with Crippen LogP contribution in [0.4, 0.5) is 20.3 Å². The van der Waals surface area contributed by atoms with Gasteiger partial charge in [0.25, 0.3) is 10.0 Å². The van der Waals surface area contributed by atoms with Crippen LogP contribution in [-0.2, 0) is 16.4 Å². The van der Waals surface area contributed by atoms with Crippen molar-refractivity contribution in [3.8, 4) is 0 Å². The molecule has 0 aliphatic heterocycles. The molecule has 2 heterocycles. The first-order chi connectivity index (χ1) is 13.7. The van der Waals surface area contributed by atoms with Gasteiger partial charge in [0.15, 0.2) is 11.6 Å². The molecule has 3 aromatic rings. The van der Waals surface area contributed by atoms with E-state index in [1.54, 1.807) is 0 Å². The molecule has 1 atom stereocenters. The number of halogens is 2. The molecule has 10 heteroatoms. The third-order valence-electron chi connectivity index (χ3n) is 4.30. The number of nitrogens with zero attached hydrogens (tertiary/aromatic N) is 2. The largest absolute Gasteiger partial charge is 0.367 e. The Bertz CT molecular complexity index is 1100. The summed E-state index contributed by atoms with van der Waals surface area (Å²) >= 11 is 0. The minimum Gasteiger partial charge on any atom is -0.367 e. The molecule has 0 radical (unpaired) electrons. The predicted octanol–water partition coefficient (Wildman–Crippen LogP) is 3.81. The number of aromatic nitrogens is 2. The van der Waals surface area contributed by atoms with Crippen molar-refractivity contribution in [2.75, 3.05) is 10.0 Å². The van der Waals surface area contributed by atoms with Crippen molar-refractivity contribution < 1.29 is 21.7 Å². The second-order valence-electron chi connectivity index (χ2n) is 6.67. The minimum atomic E-state index is -3.99. The maximum atomic E-state index is 13.3. The van der Waals surface area contributed by atoms with Crippen molar-refractivity contribution >= 4 is 21.5 Å². The van der Waals surface area contributed by atoms with Crippen LogP contribution in [0.5, 0.6) is 0 Å². The number of nitrogens with one attached hydrogen (secondary N) is 2. The van der Waals surface area contributed by atoms with Gasteiger partial charge in [-0.3, -0.25) is 4.72 Å². The van der Waals surface area contributed by atoms with Gasteiger partial charge in [0, 0.05) is 23.9 Å². The lowest BCUT2D eigenvalue weighted by molar-refractivity contribution is 0.392. The zero-order valence-electron chi connectivity index (χ0n) is 16.0. The second-order valence-corrected chi connectivity index (χ2v) is 8.35. The first kappa shape index (κ1) is 20.7. The van der Waals surface area contributed by atoms with Gasteiger partial charge in [-0.1, -0.05) is 5.16 Å². The van der Waals surface area contributed by atoms with Gasteiger partial charge >= 0.3 is 0 Å². The maximum Gasteiger partial charge on any atom is 0.263 e. The van der Waals surface area contributed by atoms with E-state index in [1.807, 2.05) is 20.8 Å². The van der Waals surface area contributed by atoms with Crippen LogP contribution in [-0.4, -0.2) is 24.6 Å². The van der Waals surface area contributed by atoms with Gasteiger partial charge < -0.3 is 9.84 Å².